The number of benzene rings is 2. The molecule has 1 fully saturated rings. The third kappa shape index (κ3) is 6.42. The van der Waals surface area contributed by atoms with Gasteiger partial charge in [0.1, 0.15) is 17.1 Å². The Kier molecular flexibility index (Phi) is 8.20. The van der Waals surface area contributed by atoms with Crippen molar-refractivity contribution in [3.63, 3.8) is 0 Å². The Hall–Kier alpha value is -3.66. The molecular weight excluding hydrogens is 506 g/mol. The smallest absolute Gasteiger partial charge is 0.408 e. The van der Waals surface area contributed by atoms with Gasteiger partial charge in [0.05, 0.1) is 30.5 Å². The number of aromatic nitrogens is 1. The topological polar surface area (TPSA) is 107 Å². The second-order valence-corrected chi connectivity index (χ2v) is 11.2. The van der Waals surface area contributed by atoms with Crippen LogP contribution in [0.2, 0.25) is 0 Å². The number of ether oxygens (including phenoxy) is 3. The van der Waals surface area contributed by atoms with Gasteiger partial charge in [-0.3, -0.25) is 9.59 Å². The van der Waals surface area contributed by atoms with Crippen LogP contribution in [-0.2, 0) is 16.1 Å². The molecule has 0 spiro atoms. The van der Waals surface area contributed by atoms with Gasteiger partial charge in [-0.25, -0.2) is 9.78 Å². The second kappa shape index (κ2) is 11.4. The summed E-state index contributed by atoms with van der Waals surface area (Å²) in [5, 5.41) is 3.00. The number of amides is 2. The van der Waals surface area contributed by atoms with E-state index in [-0.39, 0.29) is 23.1 Å². The first-order valence-corrected chi connectivity index (χ1v) is 13.3. The maximum atomic E-state index is 13.6. The number of para-hydroxylation sites is 1. The van der Waals surface area contributed by atoms with E-state index >= 15 is 0 Å². The number of thiazole rings is 1. The molecule has 4 rings (SSSR count). The molecule has 0 saturated carbocycles. The van der Waals surface area contributed by atoms with Crippen LogP contribution in [0, 0.1) is 5.92 Å². The molecule has 2 aromatic carbocycles. The zero-order valence-corrected chi connectivity index (χ0v) is 23.1. The molecule has 1 saturated heterocycles. The van der Waals surface area contributed by atoms with Gasteiger partial charge in [-0.2, -0.15) is 0 Å². The predicted molar refractivity (Wildman–Crippen MR) is 145 cm³/mol. The molecule has 0 unspecified atom stereocenters. The van der Waals surface area contributed by atoms with Crippen molar-refractivity contribution in [3.05, 3.63) is 53.0 Å². The first-order chi connectivity index (χ1) is 18.1. The van der Waals surface area contributed by atoms with Gasteiger partial charge in [0.2, 0.25) is 11.7 Å². The zero-order valence-electron chi connectivity index (χ0n) is 22.3. The fourth-order valence-electron chi connectivity index (χ4n) is 4.46. The molecule has 0 aliphatic carbocycles. The Morgan fingerprint density at radius 2 is 1.92 bits per heavy atom. The number of nitrogens with zero attached hydrogens (tertiary/aromatic N) is 2. The lowest BCUT2D eigenvalue weighted by atomic mass is 9.96. The first kappa shape index (κ1) is 27.4. The number of nitrogens with one attached hydrogen (secondary N) is 1. The van der Waals surface area contributed by atoms with E-state index in [1.54, 1.807) is 46.0 Å². The highest BCUT2D eigenvalue weighted by Crippen LogP contribution is 2.31. The van der Waals surface area contributed by atoms with Crippen molar-refractivity contribution < 1.29 is 28.6 Å². The normalized spacial score (nSPS) is 16.4. The molecule has 0 radical (unpaired) electrons. The molecule has 1 aliphatic rings. The maximum absolute atomic E-state index is 13.6. The van der Waals surface area contributed by atoms with Crippen molar-refractivity contribution in [1.29, 1.82) is 0 Å². The number of hydrogen-bond donors (Lipinski definition) is 1. The number of fused-ring (bicyclic) bond motifs is 1. The molecule has 1 aliphatic heterocycles. The van der Waals surface area contributed by atoms with Crippen LogP contribution in [0.3, 0.4) is 0 Å². The summed E-state index contributed by atoms with van der Waals surface area (Å²) in [5.41, 5.74) is 0.843. The third-order valence-electron chi connectivity index (χ3n) is 6.30. The van der Waals surface area contributed by atoms with Gasteiger partial charge in [-0.05, 0) is 57.9 Å². The van der Waals surface area contributed by atoms with E-state index in [1.807, 2.05) is 36.4 Å². The van der Waals surface area contributed by atoms with E-state index in [9.17, 15) is 14.4 Å². The number of ketones is 1. The van der Waals surface area contributed by atoms with Gasteiger partial charge < -0.3 is 24.4 Å². The Morgan fingerprint density at radius 1 is 1.16 bits per heavy atom. The summed E-state index contributed by atoms with van der Waals surface area (Å²) in [7, 11) is 3.16. The Balaban J connectivity index is 1.51. The average Bonchev–Trinajstić information content (AvgIpc) is 3.46. The zero-order chi connectivity index (χ0) is 27.4. The molecule has 1 aromatic heterocycles. The van der Waals surface area contributed by atoms with Crippen LogP contribution < -0.4 is 14.8 Å². The van der Waals surface area contributed by atoms with Gasteiger partial charge in [-0.1, -0.05) is 12.1 Å². The molecule has 3 aromatic rings. The van der Waals surface area contributed by atoms with Gasteiger partial charge in [0.25, 0.3) is 0 Å². The van der Waals surface area contributed by atoms with Crippen LogP contribution in [0.15, 0.2) is 42.5 Å². The van der Waals surface area contributed by atoms with Gasteiger partial charge in [-0.15, -0.1) is 11.3 Å². The van der Waals surface area contributed by atoms with Crippen molar-refractivity contribution in [2.24, 2.45) is 5.92 Å². The van der Waals surface area contributed by atoms with Gasteiger partial charge >= 0.3 is 6.09 Å². The molecule has 0 bridgehead atoms. The minimum atomic E-state index is -0.949. The summed E-state index contributed by atoms with van der Waals surface area (Å²) in [6.45, 7) is 6.17. The lowest BCUT2D eigenvalue weighted by Gasteiger charge is -2.24. The highest BCUT2D eigenvalue weighted by Gasteiger charge is 2.37. The van der Waals surface area contributed by atoms with Crippen molar-refractivity contribution in [2.45, 2.75) is 51.8 Å². The Bertz CT molecular complexity index is 1300. The molecule has 38 heavy (non-hydrogen) atoms. The van der Waals surface area contributed by atoms with Crippen LogP contribution in [0.5, 0.6) is 11.5 Å². The quantitative estimate of drug-likeness (QED) is 0.388. The second-order valence-electron chi connectivity index (χ2n) is 10.2. The van der Waals surface area contributed by atoms with Crippen molar-refractivity contribution in [2.75, 3.05) is 20.8 Å². The van der Waals surface area contributed by atoms with Gasteiger partial charge in [0, 0.05) is 30.6 Å². The number of likely N-dealkylation sites (tertiary alicyclic amines) is 1. The fourth-order valence-corrected chi connectivity index (χ4v) is 5.42. The maximum Gasteiger partial charge on any atom is 0.408 e. The van der Waals surface area contributed by atoms with E-state index in [0.29, 0.717) is 36.5 Å². The van der Waals surface area contributed by atoms with E-state index in [1.165, 1.54) is 11.3 Å². The Morgan fingerprint density at radius 3 is 2.61 bits per heavy atom. The lowest BCUT2D eigenvalue weighted by molar-refractivity contribution is -0.131. The molecular formula is C28H33N3O6S. The van der Waals surface area contributed by atoms with E-state index < -0.39 is 23.7 Å². The highest BCUT2D eigenvalue weighted by atomic mass is 32.1. The number of Topliss-reactive ketones (excluding diaryl/α,β-unsaturated/α-hetero) is 1. The minimum Gasteiger partial charge on any atom is -0.497 e. The van der Waals surface area contributed by atoms with Crippen LogP contribution in [0.1, 0.15) is 49.0 Å². The summed E-state index contributed by atoms with van der Waals surface area (Å²) in [6, 6.07) is 12.0. The minimum absolute atomic E-state index is 0.0732. The SMILES string of the molecule is COc1ccc(CN2CC[C@@H](C[C@H](NC(=O)OC(C)(C)C)C(=O)c3nc4ccccc4s3)C2=O)c(OC)c1. The Labute approximate surface area is 226 Å². The number of carbonyl (C=O) groups excluding carboxylic acids is 3. The number of methoxy groups -OCH3 is 2. The first-order valence-electron chi connectivity index (χ1n) is 12.5. The van der Waals surface area contributed by atoms with Crippen LogP contribution >= 0.6 is 11.3 Å². The summed E-state index contributed by atoms with van der Waals surface area (Å²) >= 11 is 1.27. The highest BCUT2D eigenvalue weighted by molar-refractivity contribution is 7.20. The molecule has 2 amide bonds. The third-order valence-corrected chi connectivity index (χ3v) is 7.35. The summed E-state index contributed by atoms with van der Waals surface area (Å²) in [4.78, 5) is 45.8. The number of rotatable bonds is 9. The van der Waals surface area contributed by atoms with Crippen LogP contribution in [0.25, 0.3) is 10.2 Å². The molecule has 10 heteroatoms. The van der Waals surface area contributed by atoms with Crippen LogP contribution in [0.4, 0.5) is 4.79 Å². The number of carbonyl (C=O) groups is 3. The van der Waals surface area contributed by atoms with Crippen molar-refractivity contribution in [1.82, 2.24) is 15.2 Å². The number of hydrogen-bond acceptors (Lipinski definition) is 8. The van der Waals surface area contributed by atoms with E-state index in [2.05, 4.69) is 10.3 Å². The largest absolute Gasteiger partial charge is 0.497 e. The molecule has 1 N–H and O–H groups in total. The summed E-state index contributed by atoms with van der Waals surface area (Å²) in [6.07, 6.45) is 0.0160. The fraction of sp³-hybridized carbons (Fsp3) is 0.429. The summed E-state index contributed by atoms with van der Waals surface area (Å²) in [5.74, 6) is 0.463. The van der Waals surface area contributed by atoms with E-state index in [4.69, 9.17) is 14.2 Å². The van der Waals surface area contributed by atoms with Gasteiger partial charge in [0.15, 0.2) is 5.01 Å². The summed E-state index contributed by atoms with van der Waals surface area (Å²) < 4.78 is 17.0. The molecule has 2 heterocycles. The predicted octanol–water partition coefficient (Wildman–Crippen LogP) is 4.83. The molecule has 202 valence electrons. The lowest BCUT2D eigenvalue weighted by Crippen LogP contribution is -2.45. The molecule has 2 atom stereocenters. The van der Waals surface area contributed by atoms with E-state index in [0.717, 1.165) is 10.3 Å². The van der Waals surface area contributed by atoms with Crippen molar-refractivity contribution in [3.8, 4) is 11.5 Å². The average molecular weight is 540 g/mol. The standard InChI is InChI=1S/C28H33N3O6S/c1-28(2,3)37-27(34)30-21(24(32)25-29-20-8-6-7-9-23(20)38-25)14-17-12-13-31(26(17)33)16-18-10-11-19(35-4)15-22(18)36-5/h6-11,15,17,21H,12-14,16H2,1-5H3,(H,30,34)/t17-,21-/m0/s1. The van der Waals surface area contributed by atoms with Crippen molar-refractivity contribution >= 4 is 39.3 Å². The monoisotopic (exact) mass is 539 g/mol. The molecule has 9 nitrogen and oxygen atoms in total. The number of alkyl carbamates (subject to hydrolysis) is 1. The van der Waals surface area contributed by atoms with Crippen LogP contribution in [-0.4, -0.2) is 60.1 Å².